The minimum atomic E-state index is -0.264. The summed E-state index contributed by atoms with van der Waals surface area (Å²) in [6.07, 6.45) is 1.92. The van der Waals surface area contributed by atoms with Gasteiger partial charge in [-0.3, -0.25) is 4.79 Å². The summed E-state index contributed by atoms with van der Waals surface area (Å²) in [6.45, 7) is 5.76. The molecule has 1 aromatic rings. The van der Waals surface area contributed by atoms with E-state index in [1.54, 1.807) is 0 Å². The average molecular weight is 319 g/mol. The number of benzene rings is 1. The molecule has 128 valence electrons. The van der Waals surface area contributed by atoms with Crippen molar-refractivity contribution in [1.82, 2.24) is 9.80 Å². The van der Waals surface area contributed by atoms with Crippen LogP contribution in [0, 0.1) is 5.92 Å². The van der Waals surface area contributed by atoms with Gasteiger partial charge in [-0.05, 0) is 50.9 Å². The van der Waals surface area contributed by atoms with Gasteiger partial charge >= 0.3 is 0 Å². The first-order valence-electron chi connectivity index (χ1n) is 8.48. The van der Waals surface area contributed by atoms with E-state index in [1.165, 1.54) is 0 Å². The summed E-state index contributed by atoms with van der Waals surface area (Å²) in [5.41, 5.74) is 0.973. The Labute approximate surface area is 139 Å². The number of hydrogen-bond donors (Lipinski definition) is 2. The number of nitrogens with one attached hydrogen (secondary N) is 1. The Balaban J connectivity index is 1.68. The molecule has 1 heterocycles. The fraction of sp³-hybridized carbons (Fsp3) is 0.611. The van der Waals surface area contributed by atoms with Gasteiger partial charge in [0, 0.05) is 25.8 Å². The van der Waals surface area contributed by atoms with Crippen LogP contribution in [0.5, 0.6) is 0 Å². The second-order valence-corrected chi connectivity index (χ2v) is 6.59. The summed E-state index contributed by atoms with van der Waals surface area (Å²) in [4.78, 5) is 16.4. The number of likely N-dealkylation sites (tertiary alicyclic amines) is 1. The van der Waals surface area contributed by atoms with Gasteiger partial charge in [-0.15, -0.1) is 0 Å². The smallest absolute Gasteiger partial charge is 0.241 e. The summed E-state index contributed by atoms with van der Waals surface area (Å²) in [5, 5.41) is 12.6. The maximum atomic E-state index is 12.2. The van der Waals surface area contributed by atoms with Crippen molar-refractivity contribution in [2.24, 2.45) is 5.92 Å². The normalized spacial score (nSPS) is 17.7. The van der Waals surface area contributed by atoms with Crippen LogP contribution in [0.25, 0.3) is 0 Å². The third-order valence-corrected chi connectivity index (χ3v) is 4.40. The van der Waals surface area contributed by atoms with Gasteiger partial charge in [0.05, 0.1) is 12.6 Å². The lowest BCUT2D eigenvalue weighted by atomic mass is 9.96. The molecule has 0 aliphatic carbocycles. The van der Waals surface area contributed by atoms with Crippen molar-refractivity contribution in [3.05, 3.63) is 30.3 Å². The van der Waals surface area contributed by atoms with Crippen LogP contribution in [0.3, 0.4) is 0 Å². The SMILES string of the molecule is CC(O)CN1CCC(CN(C)C(=O)CNc2ccccc2)CC1. The molecule has 1 fully saturated rings. The Bertz CT molecular complexity index is 470. The topological polar surface area (TPSA) is 55.8 Å². The lowest BCUT2D eigenvalue weighted by molar-refractivity contribution is -0.128. The van der Waals surface area contributed by atoms with E-state index in [9.17, 15) is 9.90 Å². The number of rotatable bonds is 7. The fourth-order valence-electron chi connectivity index (χ4n) is 3.08. The van der Waals surface area contributed by atoms with E-state index < -0.39 is 0 Å². The molecule has 1 atom stereocenters. The van der Waals surface area contributed by atoms with Gasteiger partial charge in [0.25, 0.3) is 0 Å². The molecule has 0 radical (unpaired) electrons. The predicted molar refractivity (Wildman–Crippen MR) is 93.4 cm³/mol. The van der Waals surface area contributed by atoms with Crippen molar-refractivity contribution in [1.29, 1.82) is 0 Å². The molecule has 2 rings (SSSR count). The van der Waals surface area contributed by atoms with Crippen LogP contribution >= 0.6 is 0 Å². The van der Waals surface area contributed by atoms with Crippen LogP contribution < -0.4 is 5.32 Å². The van der Waals surface area contributed by atoms with Gasteiger partial charge in [-0.1, -0.05) is 18.2 Å². The Hall–Kier alpha value is -1.59. The molecule has 0 spiro atoms. The molecule has 5 heteroatoms. The van der Waals surface area contributed by atoms with Crippen molar-refractivity contribution < 1.29 is 9.90 Å². The van der Waals surface area contributed by atoms with Crippen LogP contribution in [0.2, 0.25) is 0 Å². The third kappa shape index (κ3) is 6.20. The van der Waals surface area contributed by atoms with Gasteiger partial charge in [0.2, 0.25) is 5.91 Å². The first-order valence-corrected chi connectivity index (χ1v) is 8.48. The first-order chi connectivity index (χ1) is 11.0. The molecule has 1 aliphatic rings. The van der Waals surface area contributed by atoms with Crippen molar-refractivity contribution >= 4 is 11.6 Å². The van der Waals surface area contributed by atoms with Gasteiger partial charge < -0.3 is 20.2 Å². The largest absolute Gasteiger partial charge is 0.392 e. The summed E-state index contributed by atoms with van der Waals surface area (Å²) in [7, 11) is 1.89. The van der Waals surface area contributed by atoms with Gasteiger partial charge in [-0.2, -0.15) is 0 Å². The minimum Gasteiger partial charge on any atom is -0.392 e. The van der Waals surface area contributed by atoms with Crippen LogP contribution in [0.1, 0.15) is 19.8 Å². The molecule has 0 saturated carbocycles. The number of amides is 1. The van der Waals surface area contributed by atoms with Crippen LogP contribution in [0.4, 0.5) is 5.69 Å². The van der Waals surface area contributed by atoms with E-state index in [2.05, 4.69) is 10.2 Å². The first kappa shape index (κ1) is 17.8. The number of carbonyl (C=O) groups excluding carboxylic acids is 1. The number of likely N-dealkylation sites (N-methyl/N-ethyl adjacent to an activating group) is 1. The van der Waals surface area contributed by atoms with Crippen molar-refractivity contribution in [3.63, 3.8) is 0 Å². The number of piperidine rings is 1. The number of aliphatic hydroxyl groups is 1. The molecule has 23 heavy (non-hydrogen) atoms. The molecule has 2 N–H and O–H groups in total. The molecule has 1 aliphatic heterocycles. The van der Waals surface area contributed by atoms with E-state index in [0.29, 0.717) is 12.5 Å². The zero-order valence-electron chi connectivity index (χ0n) is 14.2. The zero-order chi connectivity index (χ0) is 16.7. The number of carbonyl (C=O) groups is 1. The summed E-state index contributed by atoms with van der Waals surface area (Å²) in [6, 6.07) is 9.80. The van der Waals surface area contributed by atoms with Gasteiger partial charge in [0.1, 0.15) is 0 Å². The highest BCUT2D eigenvalue weighted by Gasteiger charge is 2.22. The molecule has 1 aromatic carbocycles. The second-order valence-electron chi connectivity index (χ2n) is 6.59. The number of hydrogen-bond acceptors (Lipinski definition) is 4. The standard InChI is InChI=1S/C18H29N3O2/c1-15(22)13-21-10-8-16(9-11-21)14-20(2)18(23)12-19-17-6-4-3-5-7-17/h3-7,15-16,19,22H,8-14H2,1-2H3. The van der Waals surface area contributed by atoms with Crippen LogP contribution in [-0.2, 0) is 4.79 Å². The Morgan fingerprint density at radius 1 is 1.35 bits per heavy atom. The second kappa shape index (κ2) is 8.89. The molecule has 0 bridgehead atoms. The number of aliphatic hydroxyl groups excluding tert-OH is 1. The van der Waals surface area contributed by atoms with Gasteiger partial charge in [-0.25, -0.2) is 0 Å². The lowest BCUT2D eigenvalue weighted by Gasteiger charge is -2.34. The minimum absolute atomic E-state index is 0.125. The molecule has 5 nitrogen and oxygen atoms in total. The maximum Gasteiger partial charge on any atom is 0.241 e. The van der Waals surface area contributed by atoms with E-state index in [0.717, 1.165) is 44.7 Å². The molecule has 1 unspecified atom stereocenters. The predicted octanol–water partition coefficient (Wildman–Crippen LogP) is 1.65. The highest BCUT2D eigenvalue weighted by molar-refractivity contribution is 5.80. The summed E-state index contributed by atoms with van der Waals surface area (Å²) < 4.78 is 0. The summed E-state index contributed by atoms with van der Waals surface area (Å²) in [5.74, 6) is 0.686. The molecular weight excluding hydrogens is 290 g/mol. The lowest BCUT2D eigenvalue weighted by Crippen LogP contribution is -2.42. The van der Waals surface area contributed by atoms with Crippen LogP contribution in [0.15, 0.2) is 30.3 Å². The number of para-hydroxylation sites is 1. The van der Waals surface area contributed by atoms with Crippen molar-refractivity contribution in [3.8, 4) is 0 Å². The Morgan fingerprint density at radius 3 is 2.61 bits per heavy atom. The van der Waals surface area contributed by atoms with Crippen molar-refractivity contribution in [2.75, 3.05) is 45.1 Å². The molecule has 1 saturated heterocycles. The maximum absolute atomic E-state index is 12.2. The van der Waals surface area contributed by atoms with E-state index in [1.807, 2.05) is 49.2 Å². The van der Waals surface area contributed by atoms with Crippen molar-refractivity contribution in [2.45, 2.75) is 25.9 Å². The molecule has 0 aromatic heterocycles. The number of anilines is 1. The monoisotopic (exact) mass is 319 g/mol. The Kier molecular flexibility index (Phi) is 6.86. The molecular formula is C18H29N3O2. The fourth-order valence-corrected chi connectivity index (χ4v) is 3.08. The Morgan fingerprint density at radius 2 is 2.00 bits per heavy atom. The van der Waals surface area contributed by atoms with Gasteiger partial charge in [0.15, 0.2) is 0 Å². The number of nitrogens with zero attached hydrogens (tertiary/aromatic N) is 2. The van der Waals surface area contributed by atoms with E-state index in [-0.39, 0.29) is 12.0 Å². The third-order valence-electron chi connectivity index (χ3n) is 4.40. The molecule has 1 amide bonds. The average Bonchev–Trinajstić information content (AvgIpc) is 2.55. The quantitative estimate of drug-likeness (QED) is 0.802. The highest BCUT2D eigenvalue weighted by Crippen LogP contribution is 2.18. The zero-order valence-corrected chi connectivity index (χ0v) is 14.2. The van der Waals surface area contributed by atoms with Crippen LogP contribution in [-0.4, -0.2) is 66.7 Å². The van der Waals surface area contributed by atoms with E-state index in [4.69, 9.17) is 0 Å². The highest BCUT2D eigenvalue weighted by atomic mass is 16.3. The number of β-amino-alcohol motifs (C(OH)–C–C–N with tert-alkyl or cyclic N) is 1. The summed E-state index contributed by atoms with van der Waals surface area (Å²) >= 11 is 0. The van der Waals surface area contributed by atoms with E-state index >= 15 is 0 Å².